The van der Waals surface area contributed by atoms with Crippen molar-refractivity contribution in [2.24, 2.45) is 0 Å². The number of Topliss-reactive ketones (excluding diaryl/α,β-unsaturated/α-hetero) is 2. The Morgan fingerprint density at radius 1 is 1.19 bits per heavy atom. The SMILES string of the molecule is CBC1=C(Br)C(=O)C(=O)c2c(C(=O)c3ccc(OCC(=O)O)cc3)coc21. The highest BCUT2D eigenvalue weighted by Gasteiger charge is 2.37. The molecule has 136 valence electrons. The predicted molar refractivity (Wildman–Crippen MR) is 99.9 cm³/mol. The Labute approximate surface area is 162 Å². The van der Waals surface area contributed by atoms with Gasteiger partial charge in [-0.15, -0.1) is 0 Å². The van der Waals surface area contributed by atoms with Gasteiger partial charge in [0.05, 0.1) is 15.6 Å². The summed E-state index contributed by atoms with van der Waals surface area (Å²) >= 11 is 3.12. The van der Waals surface area contributed by atoms with Crippen LogP contribution in [0.15, 0.2) is 39.4 Å². The number of hydrogen-bond acceptors (Lipinski definition) is 6. The summed E-state index contributed by atoms with van der Waals surface area (Å²) in [5.74, 6) is -2.61. The van der Waals surface area contributed by atoms with Gasteiger partial charge in [0.25, 0.3) is 0 Å². The average molecular weight is 431 g/mol. The summed E-state index contributed by atoms with van der Waals surface area (Å²) in [4.78, 5) is 47.9. The number of furan rings is 1. The molecular formula is C18H12BBrO7. The van der Waals surface area contributed by atoms with Crippen LogP contribution >= 0.6 is 15.9 Å². The number of rotatable bonds is 6. The van der Waals surface area contributed by atoms with Crippen molar-refractivity contribution in [1.82, 2.24) is 0 Å². The Morgan fingerprint density at radius 3 is 2.44 bits per heavy atom. The molecule has 0 saturated carbocycles. The van der Waals surface area contributed by atoms with E-state index in [1.165, 1.54) is 30.5 Å². The second-order valence-electron chi connectivity index (χ2n) is 5.69. The predicted octanol–water partition coefficient (Wildman–Crippen LogP) is 2.29. The van der Waals surface area contributed by atoms with Crippen LogP contribution in [0.1, 0.15) is 32.0 Å². The van der Waals surface area contributed by atoms with Crippen molar-refractivity contribution in [2.75, 3.05) is 6.61 Å². The highest BCUT2D eigenvalue weighted by Crippen LogP contribution is 2.35. The highest BCUT2D eigenvalue weighted by atomic mass is 79.9. The van der Waals surface area contributed by atoms with E-state index in [1.54, 1.807) is 0 Å². The third-order valence-corrected chi connectivity index (χ3v) is 4.88. The van der Waals surface area contributed by atoms with Gasteiger partial charge in [-0.3, -0.25) is 14.4 Å². The van der Waals surface area contributed by atoms with Crippen LogP contribution in [0.2, 0.25) is 6.82 Å². The van der Waals surface area contributed by atoms with Crippen LogP contribution in [0.5, 0.6) is 5.75 Å². The molecular weight excluding hydrogens is 419 g/mol. The molecule has 0 aliphatic heterocycles. The van der Waals surface area contributed by atoms with Gasteiger partial charge in [-0.25, -0.2) is 4.79 Å². The molecule has 0 amide bonds. The zero-order chi connectivity index (χ0) is 19.7. The largest absolute Gasteiger partial charge is 0.482 e. The lowest BCUT2D eigenvalue weighted by Crippen LogP contribution is -2.24. The second kappa shape index (κ2) is 7.36. The maximum absolute atomic E-state index is 12.8. The minimum absolute atomic E-state index is 0.00787. The molecule has 1 aromatic heterocycles. The van der Waals surface area contributed by atoms with Crippen LogP contribution in [0, 0.1) is 0 Å². The van der Waals surface area contributed by atoms with E-state index in [-0.39, 0.29) is 32.7 Å². The smallest absolute Gasteiger partial charge is 0.341 e. The Morgan fingerprint density at radius 2 is 1.85 bits per heavy atom. The van der Waals surface area contributed by atoms with Crippen LogP contribution in [0.4, 0.5) is 0 Å². The lowest BCUT2D eigenvalue weighted by molar-refractivity contribution is -0.139. The number of allylic oxidation sites excluding steroid dienone is 1. The molecule has 27 heavy (non-hydrogen) atoms. The topological polar surface area (TPSA) is 111 Å². The van der Waals surface area contributed by atoms with E-state index < -0.39 is 29.9 Å². The van der Waals surface area contributed by atoms with Gasteiger partial charge in [-0.1, -0.05) is 6.82 Å². The maximum atomic E-state index is 12.8. The minimum atomic E-state index is -1.12. The molecule has 0 radical (unpaired) electrons. The van der Waals surface area contributed by atoms with E-state index in [0.717, 1.165) is 0 Å². The van der Waals surface area contributed by atoms with E-state index in [9.17, 15) is 19.2 Å². The average Bonchev–Trinajstić information content (AvgIpc) is 3.09. The Bertz CT molecular complexity index is 1000. The number of carbonyl (C=O) groups is 4. The van der Waals surface area contributed by atoms with Crippen molar-refractivity contribution in [1.29, 1.82) is 0 Å². The molecule has 1 aliphatic rings. The maximum Gasteiger partial charge on any atom is 0.341 e. The summed E-state index contributed by atoms with van der Waals surface area (Å²) in [5, 5.41) is 8.61. The van der Waals surface area contributed by atoms with Crippen LogP contribution in [-0.2, 0) is 9.59 Å². The normalized spacial score (nSPS) is 13.4. The number of ether oxygens (including phenoxy) is 1. The first-order valence-corrected chi connectivity index (χ1v) is 8.73. The zero-order valence-electron chi connectivity index (χ0n) is 14.1. The Kier molecular flexibility index (Phi) is 5.14. The molecule has 3 rings (SSSR count). The van der Waals surface area contributed by atoms with Gasteiger partial charge in [0, 0.05) is 5.56 Å². The van der Waals surface area contributed by atoms with Crippen molar-refractivity contribution in [3.8, 4) is 5.75 Å². The lowest BCUT2D eigenvalue weighted by Gasteiger charge is -2.13. The molecule has 0 atom stereocenters. The molecule has 1 N–H and O–H groups in total. The first-order valence-electron chi connectivity index (χ1n) is 7.94. The van der Waals surface area contributed by atoms with Crippen LogP contribution in [0.3, 0.4) is 0 Å². The molecule has 0 saturated heterocycles. The van der Waals surface area contributed by atoms with Gasteiger partial charge in [0.2, 0.25) is 11.6 Å². The summed E-state index contributed by atoms with van der Waals surface area (Å²) < 4.78 is 10.6. The number of benzene rings is 1. The van der Waals surface area contributed by atoms with Crippen molar-refractivity contribution >= 4 is 52.0 Å². The third-order valence-electron chi connectivity index (χ3n) is 4.04. The van der Waals surface area contributed by atoms with E-state index in [4.69, 9.17) is 14.3 Å². The number of aliphatic carboxylic acids is 1. The standard InChI is InChI=1S/C18H12BBrO7/c1-19-13-14(20)17(25)16(24)12-10(6-27-18(12)13)15(23)8-2-4-9(5-3-8)26-7-11(21)22/h2-6,19H,7H2,1H3,(H,21,22). The van der Waals surface area contributed by atoms with E-state index >= 15 is 0 Å². The van der Waals surface area contributed by atoms with Gasteiger partial charge in [0.1, 0.15) is 17.8 Å². The monoisotopic (exact) mass is 430 g/mol. The fourth-order valence-corrected chi connectivity index (χ4v) is 3.38. The summed E-state index contributed by atoms with van der Waals surface area (Å²) in [6.07, 6.45) is 1.17. The summed E-state index contributed by atoms with van der Waals surface area (Å²) in [6.45, 7) is 1.31. The fourth-order valence-electron chi connectivity index (χ4n) is 2.74. The number of carboxylic acids is 1. The van der Waals surface area contributed by atoms with Gasteiger partial charge < -0.3 is 14.3 Å². The third kappa shape index (κ3) is 3.38. The minimum Gasteiger partial charge on any atom is -0.482 e. The quantitative estimate of drug-likeness (QED) is 0.425. The molecule has 9 heteroatoms. The first kappa shape index (κ1) is 18.8. The van der Waals surface area contributed by atoms with Crippen molar-refractivity contribution in [3.63, 3.8) is 0 Å². The van der Waals surface area contributed by atoms with E-state index in [2.05, 4.69) is 15.9 Å². The number of ketones is 3. The van der Waals surface area contributed by atoms with Gasteiger partial charge >= 0.3 is 5.97 Å². The second-order valence-corrected chi connectivity index (χ2v) is 6.49. The first-order chi connectivity index (χ1) is 12.8. The molecule has 0 spiro atoms. The summed E-state index contributed by atoms with van der Waals surface area (Å²) in [7, 11) is 0.448. The number of carboxylic acid groups (broad SMARTS) is 1. The van der Waals surface area contributed by atoms with Gasteiger partial charge in [-0.2, -0.15) is 0 Å². The zero-order valence-corrected chi connectivity index (χ0v) is 15.7. The highest BCUT2D eigenvalue weighted by molar-refractivity contribution is 9.12. The van der Waals surface area contributed by atoms with Crippen molar-refractivity contribution < 1.29 is 33.4 Å². The number of fused-ring (bicyclic) bond motifs is 1. The van der Waals surface area contributed by atoms with Crippen LogP contribution < -0.4 is 4.74 Å². The Balaban J connectivity index is 1.95. The molecule has 0 unspecified atom stereocenters. The fraction of sp³-hybridized carbons (Fsp3) is 0.111. The molecule has 0 fully saturated rings. The number of hydrogen-bond donors (Lipinski definition) is 1. The van der Waals surface area contributed by atoms with Gasteiger partial charge in [0.15, 0.2) is 19.7 Å². The lowest BCUT2D eigenvalue weighted by atomic mass is 9.67. The molecule has 1 aromatic carbocycles. The number of carbonyl (C=O) groups excluding carboxylic acids is 3. The summed E-state index contributed by atoms with van der Waals surface area (Å²) in [6, 6.07) is 5.79. The molecule has 7 nitrogen and oxygen atoms in total. The van der Waals surface area contributed by atoms with Crippen molar-refractivity contribution in [3.05, 3.63) is 57.5 Å². The number of halogens is 1. The molecule has 1 heterocycles. The van der Waals surface area contributed by atoms with E-state index in [0.29, 0.717) is 12.8 Å². The molecule has 1 aliphatic carbocycles. The Hall–Kier alpha value is -2.94. The van der Waals surface area contributed by atoms with E-state index in [1.807, 2.05) is 6.82 Å². The van der Waals surface area contributed by atoms with Crippen LogP contribution in [-0.4, -0.2) is 42.3 Å². The van der Waals surface area contributed by atoms with Crippen molar-refractivity contribution in [2.45, 2.75) is 6.82 Å². The molecule has 2 aromatic rings. The summed E-state index contributed by atoms with van der Waals surface area (Å²) in [5.41, 5.74) is 0.754. The molecule has 0 bridgehead atoms. The van der Waals surface area contributed by atoms with Gasteiger partial charge in [-0.05, 0) is 45.7 Å². The van der Waals surface area contributed by atoms with Crippen LogP contribution in [0.25, 0.3) is 5.47 Å².